The van der Waals surface area contributed by atoms with Crippen LogP contribution in [-0.4, -0.2) is 59.4 Å². The van der Waals surface area contributed by atoms with Crippen LogP contribution in [0.15, 0.2) is 23.4 Å². The van der Waals surface area contributed by atoms with Crippen molar-refractivity contribution in [3.05, 3.63) is 23.4 Å². The van der Waals surface area contributed by atoms with Crippen LogP contribution in [0.4, 0.5) is 9.59 Å². The van der Waals surface area contributed by atoms with Gasteiger partial charge in [0.2, 0.25) is 0 Å². The van der Waals surface area contributed by atoms with Gasteiger partial charge in [-0.25, -0.2) is 9.59 Å². The number of hydrogen-bond acceptors (Lipinski definition) is 3. The molecule has 3 rings (SSSR count). The molecule has 1 fully saturated rings. The van der Waals surface area contributed by atoms with Gasteiger partial charge in [0, 0.05) is 31.4 Å². The Morgan fingerprint density at radius 3 is 2.65 bits per heavy atom. The van der Waals surface area contributed by atoms with Crippen LogP contribution in [0.5, 0.6) is 0 Å². The Kier molecular flexibility index (Phi) is 5.64. The first-order valence-electron chi connectivity index (χ1n) is 9.48. The predicted molar refractivity (Wildman–Crippen MR) is 98.5 cm³/mol. The molecule has 7 nitrogen and oxygen atoms in total. The van der Waals surface area contributed by atoms with Crippen molar-refractivity contribution in [2.45, 2.75) is 58.0 Å². The Morgan fingerprint density at radius 2 is 1.96 bits per heavy atom. The minimum Gasteiger partial charge on any atom is -0.328 e. The summed E-state index contributed by atoms with van der Waals surface area (Å²) in [7, 11) is 0. The fourth-order valence-corrected chi connectivity index (χ4v) is 3.74. The highest BCUT2D eigenvalue weighted by Crippen LogP contribution is 2.25. The third-order valence-electron chi connectivity index (χ3n) is 5.55. The lowest BCUT2D eigenvalue weighted by molar-refractivity contribution is -0.118. The summed E-state index contributed by atoms with van der Waals surface area (Å²) >= 11 is 0. The Morgan fingerprint density at radius 1 is 1.23 bits per heavy atom. The van der Waals surface area contributed by atoms with E-state index >= 15 is 0 Å². The van der Waals surface area contributed by atoms with Crippen LogP contribution in [0.2, 0.25) is 0 Å². The van der Waals surface area contributed by atoms with Crippen molar-refractivity contribution in [3.63, 3.8) is 0 Å². The number of piperidine rings is 1. The molecule has 0 bridgehead atoms. The summed E-state index contributed by atoms with van der Waals surface area (Å²) in [6, 6.07) is -0.538. The maximum atomic E-state index is 12.6. The number of rotatable bonds is 3. The highest BCUT2D eigenvalue weighted by Gasteiger charge is 2.32. The van der Waals surface area contributed by atoms with E-state index in [-0.39, 0.29) is 23.9 Å². The zero-order valence-corrected chi connectivity index (χ0v) is 15.6. The van der Waals surface area contributed by atoms with E-state index in [1.165, 1.54) is 12.5 Å². The number of urea groups is 2. The average Bonchev–Trinajstić information content (AvgIpc) is 2.80. The standard InChI is InChI=1S/C19H28N4O3/c1-13(14(2)24)20-18(25)22-10-8-16(9-11-22)23-12-7-15-5-3-4-6-17(15)21-19(23)26/h3,5,13,16H,4,6-12H2,1-2H3,(H,20,25)(H,21,26)/t13-/m1/s1. The van der Waals surface area contributed by atoms with Crippen molar-refractivity contribution in [2.75, 3.05) is 19.6 Å². The number of amides is 4. The Balaban J connectivity index is 1.53. The number of hydrogen-bond donors (Lipinski definition) is 2. The first kappa shape index (κ1) is 18.5. The van der Waals surface area contributed by atoms with Crippen LogP contribution < -0.4 is 10.6 Å². The quantitative estimate of drug-likeness (QED) is 0.809. The minimum absolute atomic E-state index is 0.0154. The van der Waals surface area contributed by atoms with Crippen molar-refractivity contribution < 1.29 is 14.4 Å². The maximum Gasteiger partial charge on any atom is 0.321 e. The summed E-state index contributed by atoms with van der Waals surface area (Å²) in [5.74, 6) is -0.0556. The fourth-order valence-electron chi connectivity index (χ4n) is 3.74. The van der Waals surface area contributed by atoms with E-state index in [1.54, 1.807) is 11.8 Å². The predicted octanol–water partition coefficient (Wildman–Crippen LogP) is 2.16. The molecule has 7 heteroatoms. The van der Waals surface area contributed by atoms with Crippen LogP contribution in [0.3, 0.4) is 0 Å². The highest BCUT2D eigenvalue weighted by atomic mass is 16.2. The molecule has 0 radical (unpaired) electrons. The molecule has 0 saturated carbocycles. The van der Waals surface area contributed by atoms with E-state index in [0.29, 0.717) is 19.6 Å². The Bertz CT molecular complexity index is 647. The van der Waals surface area contributed by atoms with Gasteiger partial charge in [0.15, 0.2) is 5.78 Å². The number of nitrogens with one attached hydrogen (secondary N) is 2. The molecule has 0 aromatic rings. The first-order chi connectivity index (χ1) is 12.5. The van der Waals surface area contributed by atoms with Gasteiger partial charge < -0.3 is 20.4 Å². The molecule has 2 heterocycles. The molecule has 4 amide bonds. The van der Waals surface area contributed by atoms with Gasteiger partial charge in [0.25, 0.3) is 0 Å². The number of ketones is 1. The van der Waals surface area contributed by atoms with Crippen LogP contribution in [0.1, 0.15) is 46.0 Å². The Hall–Kier alpha value is -2.31. The van der Waals surface area contributed by atoms with Crippen molar-refractivity contribution >= 4 is 17.8 Å². The van der Waals surface area contributed by atoms with E-state index in [0.717, 1.165) is 37.8 Å². The lowest BCUT2D eigenvalue weighted by atomic mass is 10.0. The normalized spacial score (nSPS) is 22.5. The summed E-state index contributed by atoms with van der Waals surface area (Å²) in [4.78, 5) is 39.8. The van der Waals surface area contributed by atoms with E-state index in [4.69, 9.17) is 0 Å². The molecule has 3 aliphatic rings. The number of likely N-dealkylation sites (tertiary alicyclic amines) is 1. The molecule has 2 N–H and O–H groups in total. The topological polar surface area (TPSA) is 81.8 Å². The molecule has 2 aliphatic heterocycles. The monoisotopic (exact) mass is 360 g/mol. The molecular weight excluding hydrogens is 332 g/mol. The summed E-state index contributed by atoms with van der Waals surface area (Å²) in [6.07, 6.45) is 8.57. The van der Waals surface area contributed by atoms with E-state index in [1.807, 2.05) is 4.90 Å². The molecule has 0 spiro atoms. The zero-order chi connectivity index (χ0) is 18.7. The maximum absolute atomic E-state index is 12.6. The van der Waals surface area contributed by atoms with Gasteiger partial charge in [-0.2, -0.15) is 0 Å². The molecule has 26 heavy (non-hydrogen) atoms. The second-order valence-corrected chi connectivity index (χ2v) is 7.32. The van der Waals surface area contributed by atoms with Gasteiger partial charge in [0.05, 0.1) is 6.04 Å². The lowest BCUT2D eigenvalue weighted by Crippen LogP contribution is -2.53. The van der Waals surface area contributed by atoms with Crippen molar-refractivity contribution in [3.8, 4) is 0 Å². The van der Waals surface area contributed by atoms with Crippen molar-refractivity contribution in [1.29, 1.82) is 0 Å². The number of nitrogens with zero attached hydrogens (tertiary/aromatic N) is 2. The lowest BCUT2D eigenvalue weighted by Gasteiger charge is -2.38. The highest BCUT2D eigenvalue weighted by molar-refractivity contribution is 5.86. The van der Waals surface area contributed by atoms with Gasteiger partial charge >= 0.3 is 12.1 Å². The largest absolute Gasteiger partial charge is 0.328 e. The minimum atomic E-state index is -0.470. The van der Waals surface area contributed by atoms with E-state index in [9.17, 15) is 14.4 Å². The number of carbonyl (C=O) groups is 3. The average molecular weight is 360 g/mol. The van der Waals surface area contributed by atoms with E-state index in [2.05, 4.69) is 22.8 Å². The Labute approximate surface area is 154 Å². The molecule has 1 atom stereocenters. The van der Waals surface area contributed by atoms with Crippen LogP contribution in [-0.2, 0) is 4.79 Å². The van der Waals surface area contributed by atoms with E-state index < -0.39 is 6.04 Å². The number of Topliss-reactive ketones (excluding diaryl/α,β-unsaturated/α-hetero) is 1. The second kappa shape index (κ2) is 7.93. The summed E-state index contributed by atoms with van der Waals surface area (Å²) in [6.45, 7) is 5.07. The second-order valence-electron chi connectivity index (χ2n) is 7.32. The van der Waals surface area contributed by atoms with Crippen LogP contribution in [0, 0.1) is 0 Å². The summed E-state index contributed by atoms with van der Waals surface area (Å²) in [5, 5.41) is 5.81. The number of carbonyl (C=O) groups excluding carboxylic acids is 3. The molecule has 0 aromatic carbocycles. The third-order valence-corrected chi connectivity index (χ3v) is 5.55. The van der Waals surface area contributed by atoms with Gasteiger partial charge in [-0.1, -0.05) is 12.2 Å². The molecular formula is C19H28N4O3. The SMILES string of the molecule is CC(=O)[C@@H](C)NC(=O)N1CCC(N2CCC3=C(CCC=C3)NC2=O)CC1. The molecule has 1 aliphatic carbocycles. The summed E-state index contributed by atoms with van der Waals surface area (Å²) < 4.78 is 0. The zero-order valence-electron chi connectivity index (χ0n) is 15.6. The summed E-state index contributed by atoms with van der Waals surface area (Å²) in [5.41, 5.74) is 2.30. The van der Waals surface area contributed by atoms with Crippen molar-refractivity contribution in [2.24, 2.45) is 0 Å². The van der Waals surface area contributed by atoms with Gasteiger partial charge in [-0.3, -0.25) is 4.79 Å². The van der Waals surface area contributed by atoms with Gasteiger partial charge in [-0.05, 0) is 51.5 Å². The van der Waals surface area contributed by atoms with Crippen LogP contribution in [0.25, 0.3) is 0 Å². The molecule has 1 saturated heterocycles. The van der Waals surface area contributed by atoms with Gasteiger partial charge in [0.1, 0.15) is 0 Å². The molecule has 0 aromatic heterocycles. The fraction of sp³-hybridized carbons (Fsp3) is 0.632. The third kappa shape index (κ3) is 4.08. The van der Waals surface area contributed by atoms with Crippen LogP contribution >= 0.6 is 0 Å². The number of allylic oxidation sites excluding steroid dienone is 3. The smallest absolute Gasteiger partial charge is 0.321 e. The molecule has 142 valence electrons. The van der Waals surface area contributed by atoms with Gasteiger partial charge in [-0.15, -0.1) is 0 Å². The first-order valence-corrected chi connectivity index (χ1v) is 9.48. The molecule has 0 unspecified atom stereocenters. The van der Waals surface area contributed by atoms with Crippen molar-refractivity contribution in [1.82, 2.24) is 20.4 Å².